The van der Waals surface area contributed by atoms with Gasteiger partial charge in [0.1, 0.15) is 17.5 Å². The number of nitrogens with zero attached hydrogens (tertiary/aromatic N) is 4. The van der Waals surface area contributed by atoms with Gasteiger partial charge < -0.3 is 20.5 Å². The molecule has 148 valence electrons. The van der Waals surface area contributed by atoms with Gasteiger partial charge in [0, 0.05) is 49.9 Å². The molecule has 0 radical (unpaired) electrons. The van der Waals surface area contributed by atoms with Crippen LogP contribution in [0, 0.1) is 5.92 Å². The number of rotatable bonds is 4. The molecule has 2 aromatic heterocycles. The van der Waals surface area contributed by atoms with Crippen LogP contribution in [0.1, 0.15) is 24.8 Å². The molecule has 1 aliphatic carbocycles. The quantitative estimate of drug-likeness (QED) is 0.769. The summed E-state index contributed by atoms with van der Waals surface area (Å²) in [4.78, 5) is 39.5. The molecule has 1 saturated heterocycles. The summed E-state index contributed by atoms with van der Waals surface area (Å²) in [7, 11) is 0. The second-order valence-electron chi connectivity index (χ2n) is 7.32. The van der Waals surface area contributed by atoms with E-state index < -0.39 is 12.1 Å². The summed E-state index contributed by atoms with van der Waals surface area (Å²) in [5.41, 5.74) is 7.18. The predicted molar refractivity (Wildman–Crippen MR) is 103 cm³/mol. The first-order valence-electron chi connectivity index (χ1n) is 9.50. The molecule has 8 nitrogen and oxygen atoms in total. The van der Waals surface area contributed by atoms with E-state index in [4.69, 9.17) is 5.73 Å². The van der Waals surface area contributed by atoms with Crippen LogP contribution >= 0.6 is 0 Å². The van der Waals surface area contributed by atoms with Gasteiger partial charge in [-0.3, -0.25) is 9.59 Å². The van der Waals surface area contributed by atoms with Crippen molar-refractivity contribution < 1.29 is 14.0 Å². The average molecular weight is 386 g/mol. The highest BCUT2D eigenvalue weighted by Crippen LogP contribution is 2.30. The van der Waals surface area contributed by atoms with Gasteiger partial charge in [0.2, 0.25) is 11.8 Å². The minimum atomic E-state index is -0.837. The monoisotopic (exact) mass is 386 g/mol. The maximum atomic E-state index is 13.4. The summed E-state index contributed by atoms with van der Waals surface area (Å²) < 4.78 is 13.4. The summed E-state index contributed by atoms with van der Waals surface area (Å²) in [6, 6.07) is 0. The van der Waals surface area contributed by atoms with E-state index in [1.807, 2.05) is 4.90 Å². The standard InChI is InChI=1S/C19H23FN6O2/c20-14-3-1-12(9-14)19(28)26-7-5-25(6-8-26)16-11-23-18-17(24-16)13(10-22-18)2-4-15(21)27/h2,4,10-12,14H,1,3,5-9H2,(H2,21,27)(H,22,23)/t12-,14+/m1/s1. The van der Waals surface area contributed by atoms with Crippen LogP contribution in [0.2, 0.25) is 0 Å². The van der Waals surface area contributed by atoms with Crippen molar-refractivity contribution in [1.29, 1.82) is 0 Å². The molecule has 3 heterocycles. The third-order valence-electron chi connectivity index (χ3n) is 5.46. The lowest BCUT2D eigenvalue weighted by Crippen LogP contribution is -2.50. The Morgan fingerprint density at radius 2 is 2.04 bits per heavy atom. The Labute approximate surface area is 161 Å². The number of halogens is 1. The Morgan fingerprint density at radius 3 is 2.71 bits per heavy atom. The van der Waals surface area contributed by atoms with Crippen molar-refractivity contribution in [1.82, 2.24) is 19.9 Å². The Hall–Kier alpha value is -2.97. The molecule has 1 aliphatic heterocycles. The van der Waals surface area contributed by atoms with Crippen molar-refractivity contribution in [2.24, 2.45) is 11.7 Å². The number of alkyl halides is 1. The Bertz CT molecular complexity index is 918. The van der Waals surface area contributed by atoms with Gasteiger partial charge >= 0.3 is 0 Å². The predicted octanol–water partition coefficient (Wildman–Crippen LogP) is 1.24. The van der Waals surface area contributed by atoms with E-state index >= 15 is 0 Å². The SMILES string of the molecule is NC(=O)C=Cc1c[nH]c2ncc(N3CCN(C(=O)[C@@H]4CC[C@H](F)C4)CC3)nc12. The zero-order valence-corrected chi connectivity index (χ0v) is 15.5. The summed E-state index contributed by atoms with van der Waals surface area (Å²) in [5.74, 6) is 0.0983. The van der Waals surface area contributed by atoms with E-state index in [0.29, 0.717) is 56.6 Å². The van der Waals surface area contributed by atoms with Gasteiger partial charge in [-0.15, -0.1) is 0 Å². The van der Waals surface area contributed by atoms with E-state index in [2.05, 4.69) is 19.9 Å². The van der Waals surface area contributed by atoms with E-state index in [1.54, 1.807) is 18.5 Å². The van der Waals surface area contributed by atoms with Crippen LogP contribution in [0.15, 0.2) is 18.5 Å². The summed E-state index contributed by atoms with van der Waals surface area (Å²) >= 11 is 0. The van der Waals surface area contributed by atoms with Crippen LogP contribution in [0.25, 0.3) is 17.2 Å². The lowest BCUT2D eigenvalue weighted by molar-refractivity contribution is -0.135. The Balaban J connectivity index is 1.44. The molecule has 0 spiro atoms. The van der Waals surface area contributed by atoms with E-state index in [-0.39, 0.29) is 11.8 Å². The molecular formula is C19H23FN6O2. The number of amides is 2. The second kappa shape index (κ2) is 7.57. The van der Waals surface area contributed by atoms with Crippen LogP contribution in [0.4, 0.5) is 10.2 Å². The number of hydrogen-bond acceptors (Lipinski definition) is 5. The van der Waals surface area contributed by atoms with Gasteiger partial charge in [-0.05, 0) is 25.3 Å². The van der Waals surface area contributed by atoms with Gasteiger partial charge in [0.05, 0.1) is 6.20 Å². The zero-order valence-electron chi connectivity index (χ0n) is 15.5. The highest BCUT2D eigenvalue weighted by molar-refractivity contribution is 5.93. The number of piperazine rings is 1. The fraction of sp³-hybridized carbons (Fsp3) is 0.474. The average Bonchev–Trinajstić information content (AvgIpc) is 3.31. The van der Waals surface area contributed by atoms with Crippen LogP contribution in [-0.2, 0) is 9.59 Å². The molecule has 1 saturated carbocycles. The number of hydrogen-bond donors (Lipinski definition) is 2. The maximum absolute atomic E-state index is 13.4. The van der Waals surface area contributed by atoms with Gasteiger partial charge in [-0.2, -0.15) is 0 Å². The van der Waals surface area contributed by atoms with Gasteiger partial charge in [-0.1, -0.05) is 0 Å². The van der Waals surface area contributed by atoms with E-state index in [0.717, 1.165) is 11.4 Å². The molecule has 2 aromatic rings. The van der Waals surface area contributed by atoms with Crippen LogP contribution in [0.3, 0.4) is 0 Å². The number of nitrogens with one attached hydrogen (secondary N) is 1. The topological polar surface area (TPSA) is 108 Å². The fourth-order valence-electron chi connectivity index (χ4n) is 3.92. The molecule has 9 heteroatoms. The Kier molecular flexibility index (Phi) is 4.97. The van der Waals surface area contributed by atoms with Gasteiger partial charge in [0.25, 0.3) is 0 Å². The Morgan fingerprint density at radius 1 is 1.25 bits per heavy atom. The first-order valence-corrected chi connectivity index (χ1v) is 9.50. The third-order valence-corrected chi connectivity index (χ3v) is 5.46. The highest BCUT2D eigenvalue weighted by Gasteiger charge is 2.34. The number of anilines is 1. The van der Waals surface area contributed by atoms with Crippen molar-refractivity contribution in [3.63, 3.8) is 0 Å². The second-order valence-corrected chi connectivity index (χ2v) is 7.32. The lowest BCUT2D eigenvalue weighted by Gasteiger charge is -2.36. The molecule has 2 aliphatic rings. The fourth-order valence-corrected chi connectivity index (χ4v) is 3.92. The number of aromatic amines is 1. The van der Waals surface area contributed by atoms with E-state index in [1.165, 1.54) is 6.08 Å². The highest BCUT2D eigenvalue weighted by atomic mass is 19.1. The third kappa shape index (κ3) is 3.69. The van der Waals surface area contributed by atoms with Crippen molar-refractivity contribution in [3.05, 3.63) is 24.0 Å². The molecule has 2 atom stereocenters. The summed E-state index contributed by atoms with van der Waals surface area (Å²) in [5, 5.41) is 0. The number of carbonyl (C=O) groups is 2. The van der Waals surface area contributed by atoms with Crippen molar-refractivity contribution >= 4 is 34.9 Å². The maximum Gasteiger partial charge on any atom is 0.241 e. The first-order chi connectivity index (χ1) is 13.5. The lowest BCUT2D eigenvalue weighted by atomic mass is 10.1. The van der Waals surface area contributed by atoms with Crippen LogP contribution in [-0.4, -0.2) is 64.0 Å². The molecule has 3 N–H and O–H groups in total. The molecule has 28 heavy (non-hydrogen) atoms. The minimum absolute atomic E-state index is 0.0749. The minimum Gasteiger partial charge on any atom is -0.366 e. The number of fused-ring (bicyclic) bond motifs is 1. The molecular weight excluding hydrogens is 363 g/mol. The number of carbonyl (C=O) groups excluding carboxylic acids is 2. The van der Waals surface area contributed by atoms with Gasteiger partial charge in [-0.25, -0.2) is 14.4 Å². The number of nitrogens with two attached hydrogens (primary N) is 1. The molecule has 2 fully saturated rings. The molecule has 4 rings (SSSR count). The van der Waals surface area contributed by atoms with Crippen molar-refractivity contribution in [2.75, 3.05) is 31.1 Å². The largest absolute Gasteiger partial charge is 0.366 e. The zero-order chi connectivity index (χ0) is 19.7. The van der Waals surface area contributed by atoms with Crippen LogP contribution in [0.5, 0.6) is 0 Å². The summed E-state index contributed by atoms with van der Waals surface area (Å²) in [6.07, 6.45) is 6.98. The molecule has 0 aromatic carbocycles. The number of primary amides is 1. The summed E-state index contributed by atoms with van der Waals surface area (Å²) in [6.45, 7) is 2.48. The first kappa shape index (κ1) is 18.4. The number of aromatic nitrogens is 3. The van der Waals surface area contributed by atoms with Crippen LogP contribution < -0.4 is 10.6 Å². The van der Waals surface area contributed by atoms with Crippen molar-refractivity contribution in [3.8, 4) is 0 Å². The molecule has 0 bridgehead atoms. The smallest absolute Gasteiger partial charge is 0.241 e. The normalized spacial score (nSPS) is 23.0. The van der Waals surface area contributed by atoms with E-state index in [9.17, 15) is 14.0 Å². The molecule has 0 unspecified atom stereocenters. The van der Waals surface area contributed by atoms with Crippen molar-refractivity contribution in [2.45, 2.75) is 25.4 Å². The number of H-pyrrole nitrogens is 1. The molecule has 2 amide bonds. The van der Waals surface area contributed by atoms with Gasteiger partial charge in [0.15, 0.2) is 5.65 Å².